The Balaban J connectivity index is 1.91. The summed E-state index contributed by atoms with van der Waals surface area (Å²) in [4.78, 5) is 33.5. The van der Waals surface area contributed by atoms with Gasteiger partial charge in [-0.05, 0) is 39.3 Å². The number of fused-ring (bicyclic) bond motifs is 1. The van der Waals surface area contributed by atoms with Crippen molar-refractivity contribution >= 4 is 28.9 Å². The first-order chi connectivity index (χ1) is 11.4. The van der Waals surface area contributed by atoms with E-state index >= 15 is 0 Å². The minimum absolute atomic E-state index is 0.0547. The summed E-state index contributed by atoms with van der Waals surface area (Å²) < 4.78 is 0. The van der Waals surface area contributed by atoms with E-state index in [1.807, 2.05) is 39.8 Å². The quantitative estimate of drug-likeness (QED) is 0.897. The van der Waals surface area contributed by atoms with Crippen LogP contribution < -0.4 is 5.32 Å². The summed E-state index contributed by atoms with van der Waals surface area (Å²) in [6.07, 6.45) is 6.30. The van der Waals surface area contributed by atoms with Gasteiger partial charge in [0.1, 0.15) is 4.88 Å². The van der Waals surface area contributed by atoms with Crippen molar-refractivity contribution in [3.8, 4) is 0 Å². The fraction of sp³-hybridized carbons (Fsp3) is 0.333. The molecule has 1 aromatic heterocycles. The Bertz CT molecular complexity index is 856. The van der Waals surface area contributed by atoms with Crippen LogP contribution in [-0.4, -0.2) is 22.5 Å². The van der Waals surface area contributed by atoms with Crippen molar-refractivity contribution in [3.05, 3.63) is 50.7 Å². The molecular formula is C18H19N3O2S. The molecule has 1 aliphatic heterocycles. The highest BCUT2D eigenvalue weighted by Gasteiger charge is 2.28. The molecule has 3 rings (SSSR count). The van der Waals surface area contributed by atoms with Gasteiger partial charge >= 0.3 is 0 Å². The van der Waals surface area contributed by atoms with Crippen LogP contribution in [0.15, 0.2) is 40.1 Å². The zero-order chi connectivity index (χ0) is 17.4. The molecule has 2 amide bonds. The fourth-order valence-corrected chi connectivity index (χ4v) is 3.87. The number of nitrogens with zero attached hydrogens (tertiary/aromatic N) is 2. The summed E-state index contributed by atoms with van der Waals surface area (Å²) in [5.74, 6) is -0.303. The maximum Gasteiger partial charge on any atom is 0.289 e. The third kappa shape index (κ3) is 2.89. The van der Waals surface area contributed by atoms with Gasteiger partial charge in [-0.25, -0.2) is 9.98 Å². The van der Waals surface area contributed by atoms with Crippen LogP contribution in [0, 0.1) is 19.8 Å². The van der Waals surface area contributed by atoms with Gasteiger partial charge in [0, 0.05) is 17.2 Å². The number of hydrogen-bond donors (Lipinski definition) is 1. The third-order valence-electron chi connectivity index (χ3n) is 4.25. The number of rotatable bonds is 2. The number of aromatic nitrogens is 1. The molecule has 0 spiro atoms. The normalized spacial score (nSPS) is 21.7. The van der Waals surface area contributed by atoms with Crippen LogP contribution in [0.4, 0.5) is 0 Å². The molecule has 24 heavy (non-hydrogen) atoms. The van der Waals surface area contributed by atoms with Crippen LogP contribution in [0.3, 0.4) is 0 Å². The summed E-state index contributed by atoms with van der Waals surface area (Å²) >= 11 is 1.35. The highest BCUT2D eigenvalue weighted by molar-refractivity contribution is 7.13. The zero-order valence-electron chi connectivity index (χ0n) is 14.1. The minimum atomic E-state index is -0.295. The molecule has 0 bridgehead atoms. The molecule has 124 valence electrons. The summed E-state index contributed by atoms with van der Waals surface area (Å²) in [7, 11) is 0. The van der Waals surface area contributed by atoms with Crippen LogP contribution >= 0.6 is 11.3 Å². The van der Waals surface area contributed by atoms with Crippen LogP contribution in [0.5, 0.6) is 0 Å². The Hall–Kier alpha value is -2.34. The molecule has 1 aliphatic carbocycles. The van der Waals surface area contributed by atoms with Crippen molar-refractivity contribution in [2.45, 2.75) is 34.1 Å². The lowest BCUT2D eigenvalue weighted by molar-refractivity contribution is -0.117. The number of hydrogen-bond acceptors (Lipinski definition) is 4. The Labute approximate surface area is 144 Å². The molecule has 2 aliphatic rings. The van der Waals surface area contributed by atoms with E-state index in [9.17, 15) is 9.59 Å². The van der Waals surface area contributed by atoms with E-state index in [-0.39, 0.29) is 17.7 Å². The van der Waals surface area contributed by atoms with Crippen molar-refractivity contribution in [2.75, 3.05) is 0 Å². The van der Waals surface area contributed by atoms with E-state index in [0.717, 1.165) is 21.9 Å². The number of thiazole rings is 1. The van der Waals surface area contributed by atoms with Gasteiger partial charge in [-0.1, -0.05) is 18.6 Å². The average molecular weight is 341 g/mol. The van der Waals surface area contributed by atoms with Crippen molar-refractivity contribution in [1.82, 2.24) is 10.3 Å². The molecule has 0 fully saturated rings. The van der Waals surface area contributed by atoms with Crippen LogP contribution in [0.25, 0.3) is 0 Å². The van der Waals surface area contributed by atoms with Crippen molar-refractivity contribution in [1.29, 1.82) is 0 Å². The molecule has 0 aromatic carbocycles. The fourth-order valence-electron chi connectivity index (χ4n) is 3.07. The number of amides is 2. The molecule has 5 nitrogen and oxygen atoms in total. The van der Waals surface area contributed by atoms with Gasteiger partial charge in [-0.15, -0.1) is 11.3 Å². The molecule has 1 unspecified atom stereocenters. The number of carbonyl (C=O) groups is 2. The van der Waals surface area contributed by atoms with Gasteiger partial charge in [0.15, 0.2) is 0 Å². The summed E-state index contributed by atoms with van der Waals surface area (Å²) in [5.41, 5.74) is 3.91. The lowest BCUT2D eigenvalue weighted by atomic mass is 9.84. The number of aryl methyl sites for hydroxylation is 2. The van der Waals surface area contributed by atoms with Crippen molar-refractivity contribution in [3.63, 3.8) is 0 Å². The highest BCUT2D eigenvalue weighted by Crippen LogP contribution is 2.31. The highest BCUT2D eigenvalue weighted by atomic mass is 32.1. The first-order valence-corrected chi connectivity index (χ1v) is 8.70. The van der Waals surface area contributed by atoms with Gasteiger partial charge in [0.2, 0.25) is 0 Å². The maximum absolute atomic E-state index is 12.4. The Morgan fingerprint density at radius 2 is 2.12 bits per heavy atom. The Kier molecular flexibility index (Phi) is 4.32. The lowest BCUT2D eigenvalue weighted by Gasteiger charge is -2.29. The Morgan fingerprint density at radius 3 is 2.75 bits per heavy atom. The molecule has 1 aromatic rings. The van der Waals surface area contributed by atoms with Crippen LogP contribution in [0.2, 0.25) is 0 Å². The van der Waals surface area contributed by atoms with E-state index < -0.39 is 0 Å². The second-order valence-electron chi connectivity index (χ2n) is 5.89. The molecule has 1 N–H and O–H groups in total. The largest absolute Gasteiger partial charge is 0.325 e. The topological polar surface area (TPSA) is 71.4 Å². The summed E-state index contributed by atoms with van der Waals surface area (Å²) in [6, 6.07) is 0. The van der Waals surface area contributed by atoms with Gasteiger partial charge in [-0.2, -0.15) is 0 Å². The van der Waals surface area contributed by atoms with Crippen molar-refractivity contribution < 1.29 is 9.59 Å². The van der Waals surface area contributed by atoms with E-state index in [1.54, 1.807) is 6.08 Å². The monoisotopic (exact) mass is 341 g/mol. The molecule has 0 saturated carbocycles. The SMILES string of the molecule is CCC1=C(C)C2C=CC(=NC(=O)c3sc(C)nc3C)C=C2NC1=O. The van der Waals surface area contributed by atoms with E-state index in [0.29, 0.717) is 22.7 Å². The average Bonchev–Trinajstić information content (AvgIpc) is 2.86. The van der Waals surface area contributed by atoms with Crippen molar-refractivity contribution in [2.24, 2.45) is 10.9 Å². The minimum Gasteiger partial charge on any atom is -0.325 e. The summed E-state index contributed by atoms with van der Waals surface area (Å²) in [6.45, 7) is 7.64. The second kappa shape index (κ2) is 6.28. The van der Waals surface area contributed by atoms with Gasteiger partial charge < -0.3 is 5.32 Å². The predicted octanol–water partition coefficient (Wildman–Crippen LogP) is 3.27. The van der Waals surface area contributed by atoms with E-state index in [4.69, 9.17) is 0 Å². The van der Waals surface area contributed by atoms with Gasteiger partial charge in [0.25, 0.3) is 11.8 Å². The lowest BCUT2D eigenvalue weighted by Crippen LogP contribution is -2.36. The van der Waals surface area contributed by atoms with Crippen LogP contribution in [-0.2, 0) is 4.79 Å². The number of nitrogens with one attached hydrogen (secondary N) is 1. The predicted molar refractivity (Wildman–Crippen MR) is 95.2 cm³/mol. The molecule has 6 heteroatoms. The molecule has 2 heterocycles. The van der Waals surface area contributed by atoms with E-state index in [1.165, 1.54) is 11.3 Å². The first kappa shape index (κ1) is 16.5. The van der Waals surface area contributed by atoms with Crippen LogP contribution in [0.1, 0.15) is 40.6 Å². The summed E-state index contributed by atoms with van der Waals surface area (Å²) in [5, 5.41) is 3.77. The molecule has 0 saturated heterocycles. The zero-order valence-corrected chi connectivity index (χ0v) is 15.0. The Morgan fingerprint density at radius 1 is 1.38 bits per heavy atom. The number of carbonyl (C=O) groups excluding carboxylic acids is 2. The molecular weight excluding hydrogens is 322 g/mol. The standard InChI is InChI=1S/C18H19N3O2S/c1-5-13-9(2)14-7-6-12(8-15(14)21-17(13)22)20-18(23)16-10(3)19-11(4)24-16/h6-8,14H,5H2,1-4H3,(H,21,22). The van der Waals surface area contributed by atoms with E-state index in [2.05, 4.69) is 15.3 Å². The smallest absolute Gasteiger partial charge is 0.289 e. The number of aliphatic imine (C=N–C) groups is 1. The second-order valence-corrected chi connectivity index (χ2v) is 7.10. The first-order valence-electron chi connectivity index (χ1n) is 7.88. The molecule has 0 radical (unpaired) electrons. The number of allylic oxidation sites excluding steroid dienone is 3. The maximum atomic E-state index is 12.4. The van der Waals surface area contributed by atoms with Gasteiger partial charge in [0.05, 0.1) is 16.4 Å². The molecule has 1 atom stereocenters. The van der Waals surface area contributed by atoms with Gasteiger partial charge in [-0.3, -0.25) is 9.59 Å². The third-order valence-corrected chi connectivity index (χ3v) is 5.32.